The Balaban J connectivity index is 0.00000139. The molecule has 5 nitrogen and oxygen atoms in total. The summed E-state index contributed by atoms with van der Waals surface area (Å²) in [5.41, 5.74) is 11.1. The number of unbranched alkanes of at least 4 members (excludes halogenated alkanes) is 1. The number of benzene rings is 3. The van der Waals surface area contributed by atoms with Crippen LogP contribution in [0.5, 0.6) is 0 Å². The Morgan fingerprint density at radius 1 is 0.826 bits per heavy atom. The smallest absolute Gasteiger partial charge is 0.0969 e. The third kappa shape index (κ3) is 8.16. The summed E-state index contributed by atoms with van der Waals surface area (Å²) in [5, 5.41) is 2.12. The molecule has 5 heteroatoms. The van der Waals surface area contributed by atoms with E-state index in [0.717, 1.165) is 91.1 Å². The molecule has 0 N–H and O–H groups in total. The molecule has 0 atom stereocenters. The third-order valence-corrected chi connectivity index (χ3v) is 7.28. The molecule has 0 aliphatic carbocycles. The number of aromatic nitrogens is 2. The fourth-order valence-electron chi connectivity index (χ4n) is 5.00. The summed E-state index contributed by atoms with van der Waals surface area (Å²) in [6.45, 7) is 23.8. The summed E-state index contributed by atoms with van der Waals surface area (Å²) in [5.74, 6) is 0. The van der Waals surface area contributed by atoms with Crippen molar-refractivity contribution in [2.45, 2.75) is 68.2 Å². The number of allylic oxidation sites excluding steroid dienone is 2. The van der Waals surface area contributed by atoms with Crippen molar-refractivity contribution in [2.75, 3.05) is 0 Å². The standard InChI is InChI=1S/C37H35N5.2C2H6/c1-7-10-11-31(38-6)25(5)40-32-18-15-28(22-26(32)8-2)29-16-19-33-30(23-29)17-21-34(41-33)35-20-14-27-13-12-24(4)36(39-9-3)37(27)42-35;2*1-2/h8-9,11-23H,2,6-7,10H2,1,3-5H3;2*1-2H3/b31-11-,39-9?,40-25?;;. The first kappa shape index (κ1) is 35.4. The zero-order valence-electron chi connectivity index (χ0n) is 28.7. The van der Waals surface area contributed by atoms with Gasteiger partial charge in [0, 0.05) is 22.6 Å². The van der Waals surface area contributed by atoms with E-state index in [-0.39, 0.29) is 0 Å². The third-order valence-electron chi connectivity index (χ3n) is 7.28. The average Bonchev–Trinajstić information content (AvgIpc) is 3.11. The van der Waals surface area contributed by atoms with Crippen LogP contribution in [0, 0.1) is 6.92 Å². The lowest BCUT2D eigenvalue weighted by Crippen LogP contribution is -1.95. The van der Waals surface area contributed by atoms with Crippen molar-refractivity contribution in [3.05, 3.63) is 102 Å². The average molecular weight is 610 g/mol. The Hall–Kier alpha value is -5.03. The maximum absolute atomic E-state index is 4.97. The molecule has 0 fully saturated rings. The fourth-order valence-corrected chi connectivity index (χ4v) is 5.00. The van der Waals surface area contributed by atoms with E-state index in [4.69, 9.17) is 15.0 Å². The number of nitrogens with zero attached hydrogens (tertiary/aromatic N) is 5. The van der Waals surface area contributed by atoms with Gasteiger partial charge in [-0.1, -0.05) is 96.2 Å². The molecule has 0 saturated carbocycles. The van der Waals surface area contributed by atoms with Crippen LogP contribution < -0.4 is 0 Å². The first-order valence-electron chi connectivity index (χ1n) is 16.2. The normalized spacial score (nSPS) is 11.6. The molecule has 3 aromatic carbocycles. The Bertz CT molecular complexity index is 1910. The highest BCUT2D eigenvalue weighted by atomic mass is 14.8. The van der Waals surface area contributed by atoms with Crippen LogP contribution in [-0.4, -0.2) is 28.6 Å². The van der Waals surface area contributed by atoms with Crippen LogP contribution in [0.1, 0.15) is 72.4 Å². The SMILES string of the molecule is C=Cc1cc(-c2ccc3nc(-c4ccc5ccc(C)c(N=CC)c5n4)ccc3c2)ccc1N=C(C)/C(=C/CCC)N=C.CC.CC. The van der Waals surface area contributed by atoms with Crippen LogP contribution in [0.15, 0.2) is 106 Å². The Morgan fingerprint density at radius 3 is 2.15 bits per heavy atom. The van der Waals surface area contributed by atoms with Crippen molar-refractivity contribution in [1.29, 1.82) is 0 Å². The van der Waals surface area contributed by atoms with Gasteiger partial charge in [-0.2, -0.15) is 0 Å². The highest BCUT2D eigenvalue weighted by molar-refractivity contribution is 6.00. The molecule has 0 radical (unpaired) electrons. The monoisotopic (exact) mass is 609 g/mol. The maximum Gasteiger partial charge on any atom is 0.0969 e. The molecule has 2 heterocycles. The molecule has 0 saturated heterocycles. The highest BCUT2D eigenvalue weighted by Crippen LogP contribution is 2.33. The van der Waals surface area contributed by atoms with Crippen molar-refractivity contribution in [3.63, 3.8) is 0 Å². The van der Waals surface area contributed by atoms with E-state index in [9.17, 15) is 0 Å². The molecule has 2 aromatic heterocycles. The van der Waals surface area contributed by atoms with Gasteiger partial charge < -0.3 is 0 Å². The predicted octanol–water partition coefficient (Wildman–Crippen LogP) is 12.3. The van der Waals surface area contributed by atoms with Crippen LogP contribution in [0.2, 0.25) is 0 Å². The van der Waals surface area contributed by atoms with Gasteiger partial charge in [-0.15, -0.1) is 0 Å². The quantitative estimate of drug-likeness (QED) is 0.156. The van der Waals surface area contributed by atoms with Gasteiger partial charge in [0.05, 0.1) is 45.2 Å². The second-order valence-electron chi connectivity index (χ2n) is 10.2. The number of hydrogen-bond donors (Lipinski definition) is 0. The molecule has 0 bridgehead atoms. The number of aliphatic imine (C=N–C) groups is 3. The van der Waals surface area contributed by atoms with Gasteiger partial charge in [0.1, 0.15) is 0 Å². The zero-order chi connectivity index (χ0) is 33.6. The van der Waals surface area contributed by atoms with Gasteiger partial charge in [-0.25, -0.2) is 9.97 Å². The molecule has 0 spiro atoms. The summed E-state index contributed by atoms with van der Waals surface area (Å²) < 4.78 is 0. The molecule has 0 aliphatic rings. The van der Waals surface area contributed by atoms with Gasteiger partial charge in [-0.05, 0) is 87.0 Å². The van der Waals surface area contributed by atoms with Gasteiger partial charge in [0.2, 0.25) is 0 Å². The first-order chi connectivity index (χ1) is 22.4. The second-order valence-corrected chi connectivity index (χ2v) is 10.2. The predicted molar refractivity (Wildman–Crippen MR) is 205 cm³/mol. The fraction of sp³-hybridized carbons (Fsp3) is 0.244. The Labute approximate surface area is 275 Å². The Morgan fingerprint density at radius 2 is 1.48 bits per heavy atom. The first-order valence-corrected chi connectivity index (χ1v) is 16.2. The number of fused-ring (bicyclic) bond motifs is 2. The number of pyridine rings is 2. The van der Waals surface area contributed by atoms with E-state index in [1.165, 1.54) is 0 Å². The molecular weight excluding hydrogens is 562 g/mol. The van der Waals surface area contributed by atoms with Crippen LogP contribution in [0.25, 0.3) is 50.4 Å². The summed E-state index contributed by atoms with van der Waals surface area (Å²) >= 11 is 0. The van der Waals surface area contributed by atoms with Gasteiger partial charge in [0.15, 0.2) is 0 Å². The molecule has 5 rings (SSSR count). The van der Waals surface area contributed by atoms with E-state index in [2.05, 4.69) is 97.8 Å². The topological polar surface area (TPSA) is 62.9 Å². The van der Waals surface area contributed by atoms with E-state index >= 15 is 0 Å². The maximum atomic E-state index is 4.97. The lowest BCUT2D eigenvalue weighted by molar-refractivity contribution is 0.952. The minimum absolute atomic E-state index is 0.821. The van der Waals surface area contributed by atoms with Crippen molar-refractivity contribution in [2.24, 2.45) is 15.0 Å². The number of hydrogen-bond acceptors (Lipinski definition) is 5. The van der Waals surface area contributed by atoms with E-state index in [1.54, 1.807) is 0 Å². The largest absolute Gasteiger partial charge is 0.263 e. The van der Waals surface area contributed by atoms with Crippen molar-refractivity contribution >= 4 is 57.9 Å². The zero-order valence-corrected chi connectivity index (χ0v) is 28.7. The second kappa shape index (κ2) is 17.5. The van der Waals surface area contributed by atoms with Crippen molar-refractivity contribution in [1.82, 2.24) is 9.97 Å². The molecular formula is C41H47N5. The number of rotatable bonds is 9. The van der Waals surface area contributed by atoms with Crippen LogP contribution in [0.4, 0.5) is 11.4 Å². The molecule has 0 unspecified atom stereocenters. The molecule has 0 aliphatic heterocycles. The van der Waals surface area contributed by atoms with Gasteiger partial charge in [0.25, 0.3) is 0 Å². The number of aryl methyl sites for hydroxylation is 1. The van der Waals surface area contributed by atoms with Crippen LogP contribution >= 0.6 is 0 Å². The summed E-state index contributed by atoms with van der Waals surface area (Å²) in [4.78, 5) is 23.5. The molecule has 5 aromatic rings. The van der Waals surface area contributed by atoms with Crippen molar-refractivity contribution in [3.8, 4) is 22.5 Å². The van der Waals surface area contributed by atoms with Crippen molar-refractivity contribution < 1.29 is 0 Å². The highest BCUT2D eigenvalue weighted by Gasteiger charge is 2.11. The molecule has 236 valence electrons. The van der Waals surface area contributed by atoms with E-state index in [1.807, 2.05) is 72.0 Å². The Kier molecular flexibility index (Phi) is 13.5. The minimum Gasteiger partial charge on any atom is -0.263 e. The summed E-state index contributed by atoms with van der Waals surface area (Å²) in [6.07, 6.45) is 7.73. The van der Waals surface area contributed by atoms with E-state index in [0.29, 0.717) is 0 Å². The summed E-state index contributed by atoms with van der Waals surface area (Å²) in [7, 11) is 0. The van der Waals surface area contributed by atoms with Crippen LogP contribution in [0.3, 0.4) is 0 Å². The minimum atomic E-state index is 0.821. The van der Waals surface area contributed by atoms with E-state index < -0.39 is 0 Å². The molecule has 0 amide bonds. The van der Waals surface area contributed by atoms with Gasteiger partial charge in [-0.3, -0.25) is 15.0 Å². The van der Waals surface area contributed by atoms with Gasteiger partial charge >= 0.3 is 0 Å². The van der Waals surface area contributed by atoms with Crippen LogP contribution in [-0.2, 0) is 0 Å². The lowest BCUT2D eigenvalue weighted by atomic mass is 10.00. The summed E-state index contributed by atoms with van der Waals surface area (Å²) in [6, 6.07) is 25.0. The lowest BCUT2D eigenvalue weighted by Gasteiger charge is -2.10. The molecule has 46 heavy (non-hydrogen) atoms.